The molecule has 0 fully saturated rings. The van der Waals surface area contributed by atoms with Crippen molar-refractivity contribution in [3.05, 3.63) is 58.7 Å². The number of aromatic hydroxyl groups is 2. The van der Waals surface area contributed by atoms with E-state index in [9.17, 15) is 15.0 Å². The highest BCUT2D eigenvalue weighted by Crippen LogP contribution is 2.34. The molecule has 0 bridgehead atoms. The van der Waals surface area contributed by atoms with Crippen molar-refractivity contribution in [2.75, 3.05) is 14.2 Å². The van der Waals surface area contributed by atoms with Crippen LogP contribution in [0.2, 0.25) is 0 Å². The standard InChI is InChI=1S/C19H22O5/c1-4-7-14-16(20)11-10-15(18(14)22)17(21)12-8-5-6-9-13(12)19(23-2)24-3/h5-6,8-11,19-20,22H,4,7H2,1-3H3. The first-order chi connectivity index (χ1) is 11.5. The lowest BCUT2D eigenvalue weighted by Gasteiger charge is -2.18. The minimum absolute atomic E-state index is 0.00848. The first-order valence-corrected chi connectivity index (χ1v) is 7.78. The Morgan fingerprint density at radius 1 is 1.04 bits per heavy atom. The van der Waals surface area contributed by atoms with E-state index in [0.29, 0.717) is 23.1 Å². The predicted molar refractivity (Wildman–Crippen MR) is 90.4 cm³/mol. The molecule has 2 aromatic carbocycles. The number of rotatable bonds is 7. The van der Waals surface area contributed by atoms with Crippen molar-refractivity contribution in [1.82, 2.24) is 0 Å². The number of phenolic OH excluding ortho intramolecular Hbond substituents is 2. The van der Waals surface area contributed by atoms with E-state index in [1.54, 1.807) is 24.3 Å². The molecule has 0 aliphatic carbocycles. The van der Waals surface area contributed by atoms with E-state index in [4.69, 9.17) is 9.47 Å². The fourth-order valence-corrected chi connectivity index (χ4v) is 2.71. The lowest BCUT2D eigenvalue weighted by molar-refractivity contribution is -0.106. The zero-order chi connectivity index (χ0) is 17.7. The average molecular weight is 330 g/mol. The molecule has 128 valence electrons. The molecular weight excluding hydrogens is 308 g/mol. The molecule has 0 atom stereocenters. The summed E-state index contributed by atoms with van der Waals surface area (Å²) >= 11 is 0. The van der Waals surface area contributed by atoms with Gasteiger partial charge in [-0.3, -0.25) is 4.79 Å². The Balaban J connectivity index is 2.53. The topological polar surface area (TPSA) is 76.0 Å². The summed E-state index contributed by atoms with van der Waals surface area (Å²) in [7, 11) is 2.99. The minimum atomic E-state index is -0.681. The lowest BCUT2D eigenvalue weighted by Crippen LogP contribution is -2.12. The van der Waals surface area contributed by atoms with Gasteiger partial charge in [0.2, 0.25) is 0 Å². The van der Waals surface area contributed by atoms with Crippen molar-refractivity contribution in [2.45, 2.75) is 26.1 Å². The second-order valence-electron chi connectivity index (χ2n) is 5.43. The van der Waals surface area contributed by atoms with Crippen molar-refractivity contribution in [2.24, 2.45) is 0 Å². The maximum Gasteiger partial charge on any atom is 0.197 e. The van der Waals surface area contributed by atoms with E-state index in [-0.39, 0.29) is 22.8 Å². The van der Waals surface area contributed by atoms with Crippen LogP contribution < -0.4 is 0 Å². The molecule has 0 spiro atoms. The van der Waals surface area contributed by atoms with Crippen molar-refractivity contribution < 1.29 is 24.5 Å². The number of phenols is 2. The molecule has 2 N–H and O–H groups in total. The van der Waals surface area contributed by atoms with Gasteiger partial charge in [0, 0.05) is 30.9 Å². The zero-order valence-corrected chi connectivity index (χ0v) is 14.1. The molecule has 0 radical (unpaired) electrons. The molecule has 0 unspecified atom stereocenters. The molecule has 0 aliphatic heterocycles. The molecular formula is C19H22O5. The number of hydrogen-bond acceptors (Lipinski definition) is 5. The van der Waals surface area contributed by atoms with Crippen LogP contribution in [0.5, 0.6) is 11.5 Å². The van der Waals surface area contributed by atoms with Gasteiger partial charge in [-0.05, 0) is 18.6 Å². The highest BCUT2D eigenvalue weighted by atomic mass is 16.7. The quantitative estimate of drug-likeness (QED) is 0.599. The molecule has 0 aromatic heterocycles. The minimum Gasteiger partial charge on any atom is -0.508 e. The maximum absolute atomic E-state index is 12.9. The van der Waals surface area contributed by atoms with Gasteiger partial charge < -0.3 is 19.7 Å². The summed E-state index contributed by atoms with van der Waals surface area (Å²) in [6.45, 7) is 1.93. The van der Waals surface area contributed by atoms with Gasteiger partial charge in [-0.2, -0.15) is 0 Å². The van der Waals surface area contributed by atoms with E-state index in [1.807, 2.05) is 6.92 Å². The second kappa shape index (κ2) is 7.95. The highest BCUT2D eigenvalue weighted by molar-refractivity contribution is 6.12. The predicted octanol–water partition coefficient (Wildman–Crippen LogP) is 3.57. The number of ether oxygens (including phenoxy) is 2. The van der Waals surface area contributed by atoms with E-state index in [2.05, 4.69) is 0 Å². The van der Waals surface area contributed by atoms with Gasteiger partial charge in [0.05, 0.1) is 5.56 Å². The maximum atomic E-state index is 12.9. The smallest absolute Gasteiger partial charge is 0.197 e. The molecule has 24 heavy (non-hydrogen) atoms. The Labute approximate surface area is 141 Å². The fraction of sp³-hybridized carbons (Fsp3) is 0.316. The van der Waals surface area contributed by atoms with Crippen molar-refractivity contribution in [1.29, 1.82) is 0 Å². The molecule has 0 saturated heterocycles. The van der Waals surface area contributed by atoms with Gasteiger partial charge in [0.25, 0.3) is 0 Å². The van der Waals surface area contributed by atoms with Gasteiger partial charge in [0.1, 0.15) is 11.5 Å². The van der Waals surface area contributed by atoms with Crippen LogP contribution in [-0.4, -0.2) is 30.2 Å². The number of benzene rings is 2. The highest BCUT2D eigenvalue weighted by Gasteiger charge is 2.23. The third kappa shape index (κ3) is 3.42. The first-order valence-electron chi connectivity index (χ1n) is 7.78. The van der Waals surface area contributed by atoms with Gasteiger partial charge in [-0.25, -0.2) is 0 Å². The van der Waals surface area contributed by atoms with Crippen molar-refractivity contribution in [3.8, 4) is 11.5 Å². The largest absolute Gasteiger partial charge is 0.508 e. The molecule has 0 amide bonds. The first kappa shape index (κ1) is 18.0. The van der Waals surface area contributed by atoms with Gasteiger partial charge in [-0.15, -0.1) is 0 Å². The van der Waals surface area contributed by atoms with E-state index >= 15 is 0 Å². The third-order valence-electron chi connectivity index (χ3n) is 3.89. The summed E-state index contributed by atoms with van der Waals surface area (Å²) < 4.78 is 10.5. The van der Waals surface area contributed by atoms with Crippen molar-refractivity contribution >= 4 is 5.78 Å². The average Bonchev–Trinajstić information content (AvgIpc) is 2.60. The Hall–Kier alpha value is -2.37. The summed E-state index contributed by atoms with van der Waals surface area (Å²) in [6, 6.07) is 9.80. The molecule has 0 saturated carbocycles. The number of hydrogen-bond donors (Lipinski definition) is 2. The SMILES string of the molecule is CCCc1c(O)ccc(C(=O)c2ccccc2C(OC)OC)c1O. The number of ketones is 1. The molecule has 5 heteroatoms. The third-order valence-corrected chi connectivity index (χ3v) is 3.89. The van der Waals surface area contributed by atoms with Gasteiger partial charge >= 0.3 is 0 Å². The number of methoxy groups -OCH3 is 2. The van der Waals surface area contributed by atoms with Crippen LogP contribution in [0, 0.1) is 0 Å². The number of carbonyl (C=O) groups excluding carboxylic acids is 1. The van der Waals surface area contributed by atoms with Crippen LogP contribution in [0.3, 0.4) is 0 Å². The summed E-state index contributed by atoms with van der Waals surface area (Å²) in [5.74, 6) is -0.534. The summed E-state index contributed by atoms with van der Waals surface area (Å²) in [4.78, 5) is 12.9. The Kier molecular flexibility index (Phi) is 5.95. The van der Waals surface area contributed by atoms with E-state index < -0.39 is 6.29 Å². The molecule has 5 nitrogen and oxygen atoms in total. The van der Waals surface area contributed by atoms with E-state index in [0.717, 1.165) is 6.42 Å². The Morgan fingerprint density at radius 2 is 1.71 bits per heavy atom. The van der Waals surface area contributed by atoms with Gasteiger partial charge in [-0.1, -0.05) is 37.6 Å². The monoisotopic (exact) mass is 330 g/mol. The van der Waals surface area contributed by atoms with Gasteiger partial charge in [0.15, 0.2) is 12.1 Å². The lowest BCUT2D eigenvalue weighted by atomic mass is 9.94. The molecule has 0 heterocycles. The summed E-state index contributed by atoms with van der Waals surface area (Å²) in [6.07, 6.45) is 0.545. The van der Waals surface area contributed by atoms with Crippen LogP contribution >= 0.6 is 0 Å². The normalized spacial score (nSPS) is 11.0. The Morgan fingerprint density at radius 3 is 2.33 bits per heavy atom. The van der Waals surface area contributed by atoms with Crippen LogP contribution in [0.15, 0.2) is 36.4 Å². The van der Waals surface area contributed by atoms with Crippen LogP contribution in [0.1, 0.15) is 46.7 Å². The fourth-order valence-electron chi connectivity index (χ4n) is 2.71. The summed E-state index contributed by atoms with van der Waals surface area (Å²) in [5, 5.41) is 20.3. The number of carbonyl (C=O) groups is 1. The van der Waals surface area contributed by atoms with Crippen molar-refractivity contribution in [3.63, 3.8) is 0 Å². The molecule has 0 aliphatic rings. The molecule has 2 rings (SSSR count). The summed E-state index contributed by atoms with van der Waals surface area (Å²) in [5.41, 5.74) is 1.50. The van der Waals surface area contributed by atoms with Crippen LogP contribution in [0.25, 0.3) is 0 Å². The molecule has 2 aromatic rings. The second-order valence-corrected chi connectivity index (χ2v) is 5.43. The zero-order valence-electron chi connectivity index (χ0n) is 14.1. The Bertz CT molecular complexity index is 720. The van der Waals surface area contributed by atoms with Crippen LogP contribution in [0.4, 0.5) is 0 Å². The van der Waals surface area contributed by atoms with Crippen LogP contribution in [-0.2, 0) is 15.9 Å². The van der Waals surface area contributed by atoms with E-state index in [1.165, 1.54) is 26.4 Å².